The quantitative estimate of drug-likeness (QED) is 0.391. The van der Waals surface area contributed by atoms with Crippen molar-refractivity contribution in [3.05, 3.63) is 24.3 Å². The molecule has 0 saturated heterocycles. The molecule has 0 aliphatic heterocycles. The summed E-state index contributed by atoms with van der Waals surface area (Å²) in [6.45, 7) is 0. The van der Waals surface area contributed by atoms with Crippen molar-refractivity contribution in [1.29, 1.82) is 0 Å². The second kappa shape index (κ2) is 5.72. The van der Waals surface area contributed by atoms with Crippen molar-refractivity contribution in [3.8, 4) is 0 Å². The molecule has 0 aliphatic carbocycles. The molecule has 0 bridgehead atoms. The van der Waals surface area contributed by atoms with Crippen LogP contribution in [-0.4, -0.2) is 32.5 Å². The van der Waals surface area contributed by atoms with Gasteiger partial charge in [-0.25, -0.2) is 0 Å². The van der Waals surface area contributed by atoms with Gasteiger partial charge in [0.15, 0.2) is 12.1 Å². The highest BCUT2D eigenvalue weighted by atomic mass is 31.1. The van der Waals surface area contributed by atoms with Crippen LogP contribution in [0, 0.1) is 0 Å². The Morgan fingerprint density at radius 1 is 0.786 bits per heavy atom. The summed E-state index contributed by atoms with van der Waals surface area (Å²) in [6, 6.07) is 4.31. The lowest BCUT2D eigenvalue weighted by atomic mass is 10.4. The summed E-state index contributed by atoms with van der Waals surface area (Å²) in [5.41, 5.74) is 0. The highest BCUT2D eigenvalue weighted by Gasteiger charge is 2.08. The number of rotatable bonds is 4. The molecule has 0 heterocycles. The van der Waals surface area contributed by atoms with Gasteiger partial charge < -0.3 is 20.4 Å². The molecule has 78 valence electrons. The van der Waals surface area contributed by atoms with E-state index in [0.717, 1.165) is 10.6 Å². The Hall–Kier alpha value is -0.0800. The van der Waals surface area contributed by atoms with Crippen molar-refractivity contribution < 1.29 is 20.4 Å². The van der Waals surface area contributed by atoms with E-state index in [1.54, 1.807) is 24.3 Å². The predicted molar refractivity (Wildman–Crippen MR) is 58.8 cm³/mol. The van der Waals surface area contributed by atoms with E-state index in [4.69, 9.17) is 20.4 Å². The predicted octanol–water partition coefficient (Wildman–Crippen LogP) is -1.17. The van der Waals surface area contributed by atoms with Crippen LogP contribution < -0.4 is 10.6 Å². The average molecular weight is 234 g/mol. The molecule has 4 N–H and O–H groups in total. The molecule has 1 aromatic carbocycles. The third-order valence-corrected chi connectivity index (χ3v) is 3.76. The first kappa shape index (κ1) is 12.0. The minimum absolute atomic E-state index is 0.145. The lowest BCUT2D eigenvalue weighted by molar-refractivity contribution is 0.0371. The first-order valence-corrected chi connectivity index (χ1v) is 6.09. The monoisotopic (exact) mass is 234 g/mol. The zero-order valence-electron chi connectivity index (χ0n) is 7.25. The molecular weight excluding hydrogens is 222 g/mol. The summed E-state index contributed by atoms with van der Waals surface area (Å²) >= 11 is 0. The molecule has 0 amide bonds. The lowest BCUT2D eigenvalue weighted by Crippen LogP contribution is -2.20. The second-order valence-electron chi connectivity index (χ2n) is 2.58. The summed E-state index contributed by atoms with van der Waals surface area (Å²) in [4.78, 5) is 0. The Bertz CT molecular complexity index is 261. The van der Waals surface area contributed by atoms with Gasteiger partial charge in [0.05, 0.1) is 0 Å². The maximum absolute atomic E-state index is 8.81. The summed E-state index contributed by atoms with van der Waals surface area (Å²) < 4.78 is 0. The zero-order valence-corrected chi connectivity index (χ0v) is 9.25. The molecule has 4 nitrogen and oxygen atoms in total. The SMILES string of the molecule is OC(O)Pc1ccccc1PC(O)O. The first-order valence-electron chi connectivity index (χ1n) is 3.94. The molecular formula is C8H12O4P2. The molecule has 2 unspecified atom stereocenters. The van der Waals surface area contributed by atoms with Crippen LogP contribution in [0.2, 0.25) is 0 Å². The molecule has 1 aromatic rings. The summed E-state index contributed by atoms with van der Waals surface area (Å²) in [6.07, 6.45) is 0. The van der Waals surface area contributed by atoms with Gasteiger partial charge >= 0.3 is 0 Å². The smallest absolute Gasteiger partial charge is 0.171 e. The van der Waals surface area contributed by atoms with Crippen molar-refractivity contribution in [2.75, 3.05) is 0 Å². The lowest BCUT2D eigenvalue weighted by Gasteiger charge is -2.11. The van der Waals surface area contributed by atoms with E-state index in [0.29, 0.717) is 0 Å². The summed E-state index contributed by atoms with van der Waals surface area (Å²) in [5, 5.41) is 36.8. The van der Waals surface area contributed by atoms with Gasteiger partial charge in [0.1, 0.15) is 0 Å². The minimum Gasteiger partial charge on any atom is -0.365 e. The van der Waals surface area contributed by atoms with Crippen LogP contribution >= 0.6 is 17.2 Å². The molecule has 0 radical (unpaired) electrons. The van der Waals surface area contributed by atoms with Crippen molar-refractivity contribution in [2.24, 2.45) is 0 Å². The summed E-state index contributed by atoms with van der Waals surface area (Å²) in [5.74, 6) is 0. The number of hydrogen-bond acceptors (Lipinski definition) is 4. The average Bonchev–Trinajstić information content (AvgIpc) is 2.06. The van der Waals surface area contributed by atoms with Gasteiger partial charge in [-0.1, -0.05) is 24.3 Å². The maximum Gasteiger partial charge on any atom is 0.171 e. The third-order valence-electron chi connectivity index (χ3n) is 1.50. The maximum atomic E-state index is 8.81. The number of aliphatic hydroxyl groups is 4. The Morgan fingerprint density at radius 3 is 1.43 bits per heavy atom. The van der Waals surface area contributed by atoms with Gasteiger partial charge in [-0.3, -0.25) is 0 Å². The van der Waals surface area contributed by atoms with Gasteiger partial charge in [-0.05, 0) is 27.8 Å². The van der Waals surface area contributed by atoms with Gasteiger partial charge in [0, 0.05) is 0 Å². The van der Waals surface area contributed by atoms with Gasteiger partial charge in [-0.2, -0.15) is 0 Å². The van der Waals surface area contributed by atoms with E-state index >= 15 is 0 Å². The molecule has 14 heavy (non-hydrogen) atoms. The highest BCUT2D eigenvalue weighted by molar-refractivity contribution is 7.54. The van der Waals surface area contributed by atoms with Crippen LogP contribution in [0.15, 0.2) is 24.3 Å². The number of hydrogen-bond donors (Lipinski definition) is 4. The fraction of sp³-hybridized carbons (Fsp3) is 0.250. The van der Waals surface area contributed by atoms with E-state index in [9.17, 15) is 0 Å². The minimum atomic E-state index is -1.38. The standard InChI is InChI=1S/C8H12O4P2/c9-7(10)13-5-3-1-2-4-6(5)14-8(11)12/h1-4,7-14H. The highest BCUT2D eigenvalue weighted by Crippen LogP contribution is 2.19. The van der Waals surface area contributed by atoms with E-state index in [2.05, 4.69) is 0 Å². The third kappa shape index (κ3) is 3.97. The van der Waals surface area contributed by atoms with Crippen molar-refractivity contribution >= 4 is 27.8 Å². The van der Waals surface area contributed by atoms with Crippen LogP contribution in [0.25, 0.3) is 0 Å². The topological polar surface area (TPSA) is 80.9 Å². The van der Waals surface area contributed by atoms with E-state index in [1.165, 1.54) is 0 Å². The van der Waals surface area contributed by atoms with Crippen LogP contribution in [0.4, 0.5) is 0 Å². The molecule has 6 heteroatoms. The molecule has 0 spiro atoms. The zero-order chi connectivity index (χ0) is 10.6. The van der Waals surface area contributed by atoms with Gasteiger partial charge in [0.2, 0.25) is 0 Å². The van der Waals surface area contributed by atoms with E-state index in [-0.39, 0.29) is 17.2 Å². The van der Waals surface area contributed by atoms with E-state index in [1.807, 2.05) is 0 Å². The van der Waals surface area contributed by atoms with Gasteiger partial charge in [-0.15, -0.1) is 0 Å². The molecule has 0 aromatic heterocycles. The normalized spacial score (nSPS) is 13.0. The van der Waals surface area contributed by atoms with Crippen molar-refractivity contribution in [3.63, 3.8) is 0 Å². The van der Waals surface area contributed by atoms with E-state index < -0.39 is 12.1 Å². The summed E-state index contributed by atoms with van der Waals surface area (Å²) in [7, 11) is -0.290. The van der Waals surface area contributed by atoms with Crippen LogP contribution in [0.3, 0.4) is 0 Å². The van der Waals surface area contributed by atoms with Crippen LogP contribution in [0.5, 0.6) is 0 Å². The number of aliphatic hydroxyl groups excluding tert-OH is 2. The Balaban J connectivity index is 2.80. The fourth-order valence-electron chi connectivity index (χ4n) is 1.01. The molecule has 0 fully saturated rings. The van der Waals surface area contributed by atoms with Crippen molar-refractivity contribution in [1.82, 2.24) is 0 Å². The van der Waals surface area contributed by atoms with Crippen molar-refractivity contribution in [2.45, 2.75) is 12.1 Å². The van der Waals surface area contributed by atoms with Gasteiger partial charge in [0.25, 0.3) is 0 Å². The van der Waals surface area contributed by atoms with Crippen LogP contribution in [0.1, 0.15) is 0 Å². The molecule has 2 atom stereocenters. The second-order valence-corrected chi connectivity index (χ2v) is 5.27. The first-order chi connectivity index (χ1) is 6.59. The number of benzene rings is 1. The Labute approximate surface area is 85.2 Å². The Kier molecular flexibility index (Phi) is 4.90. The molecule has 0 aliphatic rings. The Morgan fingerprint density at radius 2 is 1.14 bits per heavy atom. The molecule has 1 rings (SSSR count). The molecule has 0 saturated carbocycles. The largest absolute Gasteiger partial charge is 0.365 e. The fourth-order valence-corrected chi connectivity index (χ4v) is 2.86. The van der Waals surface area contributed by atoms with Crippen LogP contribution in [-0.2, 0) is 0 Å².